The topological polar surface area (TPSA) is 158 Å². The lowest BCUT2D eigenvalue weighted by atomic mass is 9.91. The van der Waals surface area contributed by atoms with Gasteiger partial charge in [-0.2, -0.15) is 4.72 Å². The predicted molar refractivity (Wildman–Crippen MR) is 193 cm³/mol. The largest absolute Gasteiger partial charge is 0.392 e. The minimum Gasteiger partial charge on any atom is -0.392 e. The van der Waals surface area contributed by atoms with Crippen LogP contribution in [0, 0.1) is 12.8 Å². The third-order valence-corrected chi connectivity index (χ3v) is 11.3. The quantitative estimate of drug-likeness (QED) is 0.139. The number of benzene rings is 4. The number of carbonyl (C=O) groups is 1. The number of nitrogens with zero attached hydrogens (tertiary/aromatic N) is 4. The van der Waals surface area contributed by atoms with Gasteiger partial charge in [0.15, 0.2) is 6.29 Å². The standard InChI is InChI=1S/C37H40N6O6S2/c1-24-12-18-31(19-13-24)51(46,47)40-32(20-26-8-5-4-6-9-26)35(45)38-30-11-7-10-29(21-30)36-48-33(23-50-37-39-41-42-43(37)3)25(2)34(49-36)28-16-14-27(22-44)15-17-28/h4-19,21,25,32-34,36,40,44H,20,22-23H2,1-3H3,(H,38,45). The zero-order chi connectivity index (χ0) is 36.0. The molecule has 1 aromatic heterocycles. The SMILES string of the molecule is Cc1ccc(S(=O)(=O)NC(Cc2ccccc2)C(=O)Nc2cccc(C3OC(CSc4nnnn4C)C(C)C(c4ccc(CO)cc4)O3)c2)cc1. The molecule has 5 unspecified atom stereocenters. The second-order valence-corrected chi connectivity index (χ2v) is 15.2. The summed E-state index contributed by atoms with van der Waals surface area (Å²) >= 11 is 1.48. The second kappa shape index (κ2) is 16.3. The van der Waals surface area contributed by atoms with E-state index in [1.165, 1.54) is 23.9 Å². The van der Waals surface area contributed by atoms with Crippen molar-refractivity contribution in [3.63, 3.8) is 0 Å². The fourth-order valence-electron chi connectivity index (χ4n) is 5.81. The van der Waals surface area contributed by atoms with E-state index in [-0.39, 0.29) is 36.0 Å². The van der Waals surface area contributed by atoms with E-state index in [2.05, 4.69) is 32.5 Å². The molecule has 5 aromatic rings. The Hall–Kier alpha value is -4.44. The second-order valence-electron chi connectivity index (χ2n) is 12.5. The summed E-state index contributed by atoms with van der Waals surface area (Å²) in [6, 6.07) is 29.4. The van der Waals surface area contributed by atoms with Crippen molar-refractivity contribution in [3.05, 3.63) is 131 Å². The number of aromatic nitrogens is 4. The monoisotopic (exact) mass is 728 g/mol. The number of nitrogens with one attached hydrogen (secondary N) is 2. The van der Waals surface area contributed by atoms with Crippen molar-refractivity contribution in [1.82, 2.24) is 24.9 Å². The lowest BCUT2D eigenvalue weighted by molar-refractivity contribution is -0.268. The summed E-state index contributed by atoms with van der Waals surface area (Å²) in [4.78, 5) is 13.9. The molecule has 12 nitrogen and oxygen atoms in total. The van der Waals surface area contributed by atoms with Gasteiger partial charge in [-0.05, 0) is 64.7 Å². The first kappa shape index (κ1) is 36.4. The van der Waals surface area contributed by atoms with E-state index >= 15 is 0 Å². The number of ether oxygens (including phenoxy) is 2. The molecule has 6 rings (SSSR count). The van der Waals surface area contributed by atoms with Crippen molar-refractivity contribution in [2.75, 3.05) is 11.1 Å². The number of aryl methyl sites for hydroxylation is 2. The van der Waals surface area contributed by atoms with Crippen LogP contribution >= 0.6 is 11.8 Å². The van der Waals surface area contributed by atoms with Crippen molar-refractivity contribution in [2.24, 2.45) is 13.0 Å². The van der Waals surface area contributed by atoms with Gasteiger partial charge in [0.25, 0.3) is 0 Å². The summed E-state index contributed by atoms with van der Waals surface area (Å²) in [7, 11) is -2.23. The Bertz CT molecular complexity index is 2030. The molecule has 5 atom stereocenters. The molecule has 0 saturated carbocycles. The van der Waals surface area contributed by atoms with Gasteiger partial charge in [-0.1, -0.05) is 103 Å². The van der Waals surface area contributed by atoms with E-state index in [0.717, 1.165) is 22.3 Å². The van der Waals surface area contributed by atoms with Crippen LogP contribution in [0.15, 0.2) is 113 Å². The van der Waals surface area contributed by atoms with Crippen LogP contribution in [0.25, 0.3) is 0 Å². The minimum absolute atomic E-state index is 0.0573. The van der Waals surface area contributed by atoms with Gasteiger partial charge in [0.05, 0.1) is 23.7 Å². The average Bonchev–Trinajstić information content (AvgIpc) is 3.55. The van der Waals surface area contributed by atoms with E-state index in [4.69, 9.17) is 9.47 Å². The number of carbonyl (C=O) groups excluding carboxylic acids is 1. The molecule has 1 saturated heterocycles. The van der Waals surface area contributed by atoms with Crippen LogP contribution in [0.4, 0.5) is 5.69 Å². The van der Waals surface area contributed by atoms with Gasteiger partial charge in [0.2, 0.25) is 21.1 Å². The van der Waals surface area contributed by atoms with E-state index < -0.39 is 28.3 Å². The van der Waals surface area contributed by atoms with E-state index in [0.29, 0.717) is 22.2 Å². The molecule has 3 N–H and O–H groups in total. The lowest BCUT2D eigenvalue weighted by Crippen LogP contribution is -2.45. The summed E-state index contributed by atoms with van der Waals surface area (Å²) in [5.74, 6) is -0.0172. The maximum Gasteiger partial charge on any atom is 0.242 e. The molecular weight excluding hydrogens is 689 g/mol. The van der Waals surface area contributed by atoms with E-state index in [1.807, 2.05) is 67.6 Å². The number of anilines is 1. The first-order valence-electron chi connectivity index (χ1n) is 16.5. The fraction of sp³-hybridized carbons (Fsp3) is 0.297. The van der Waals surface area contributed by atoms with Gasteiger partial charge >= 0.3 is 0 Å². The number of amides is 1. The zero-order valence-corrected chi connectivity index (χ0v) is 30.0. The Labute approximate surface area is 301 Å². The van der Waals surface area contributed by atoms with Crippen molar-refractivity contribution in [3.8, 4) is 0 Å². The van der Waals surface area contributed by atoms with Gasteiger partial charge < -0.3 is 19.9 Å². The van der Waals surface area contributed by atoms with Crippen LogP contribution in [-0.4, -0.2) is 57.5 Å². The van der Waals surface area contributed by atoms with Crippen molar-refractivity contribution in [1.29, 1.82) is 0 Å². The number of rotatable bonds is 13. The molecule has 1 amide bonds. The number of tetrazole rings is 1. The maximum atomic E-state index is 13.8. The molecule has 0 radical (unpaired) electrons. The molecule has 1 aliphatic rings. The van der Waals surface area contributed by atoms with Crippen LogP contribution in [-0.2, 0) is 44.4 Å². The third kappa shape index (κ3) is 9.08. The smallest absolute Gasteiger partial charge is 0.242 e. The van der Waals surface area contributed by atoms with Crippen LogP contribution < -0.4 is 10.0 Å². The van der Waals surface area contributed by atoms with Gasteiger partial charge in [-0.25, -0.2) is 13.1 Å². The Morgan fingerprint density at radius 2 is 1.69 bits per heavy atom. The van der Waals surface area contributed by atoms with Crippen LogP contribution in [0.1, 0.15) is 47.1 Å². The number of hydrogen-bond acceptors (Lipinski definition) is 10. The van der Waals surface area contributed by atoms with Gasteiger partial charge in [-0.3, -0.25) is 4.79 Å². The number of sulfonamides is 1. The maximum absolute atomic E-state index is 13.8. The van der Waals surface area contributed by atoms with Crippen LogP contribution in [0.2, 0.25) is 0 Å². The third-order valence-electron chi connectivity index (χ3n) is 8.74. The normalized spacial score (nSPS) is 19.8. The number of hydrogen-bond donors (Lipinski definition) is 3. The molecule has 14 heteroatoms. The Morgan fingerprint density at radius 1 is 0.941 bits per heavy atom. The fourth-order valence-corrected chi connectivity index (χ4v) is 8.02. The highest BCUT2D eigenvalue weighted by Gasteiger charge is 2.39. The molecular formula is C37H40N6O6S2. The molecule has 0 spiro atoms. The summed E-state index contributed by atoms with van der Waals surface area (Å²) in [5.41, 5.74) is 4.59. The number of thioether (sulfide) groups is 1. The zero-order valence-electron chi connectivity index (χ0n) is 28.4. The van der Waals surface area contributed by atoms with Gasteiger partial charge in [-0.15, -0.1) is 5.10 Å². The van der Waals surface area contributed by atoms with Crippen molar-refractivity contribution in [2.45, 2.75) is 61.5 Å². The molecule has 0 aliphatic carbocycles. The average molecular weight is 729 g/mol. The highest BCUT2D eigenvalue weighted by atomic mass is 32.2. The van der Waals surface area contributed by atoms with E-state index in [1.54, 1.807) is 42.1 Å². The molecule has 2 heterocycles. The molecule has 1 fully saturated rings. The predicted octanol–water partition coefficient (Wildman–Crippen LogP) is 5.12. The highest BCUT2D eigenvalue weighted by Crippen LogP contribution is 2.43. The number of aliphatic hydroxyl groups is 1. The van der Waals surface area contributed by atoms with Gasteiger partial charge in [0, 0.05) is 30.0 Å². The summed E-state index contributed by atoms with van der Waals surface area (Å²) < 4.78 is 44.2. The molecule has 4 aromatic carbocycles. The van der Waals surface area contributed by atoms with Crippen LogP contribution in [0.3, 0.4) is 0 Å². The lowest BCUT2D eigenvalue weighted by Gasteiger charge is -2.41. The Morgan fingerprint density at radius 3 is 2.37 bits per heavy atom. The highest BCUT2D eigenvalue weighted by molar-refractivity contribution is 7.99. The van der Waals surface area contributed by atoms with Crippen molar-refractivity contribution < 1.29 is 27.8 Å². The summed E-state index contributed by atoms with van der Waals surface area (Å²) in [6.07, 6.45) is -1.26. The number of aliphatic hydroxyl groups excluding tert-OH is 1. The van der Waals surface area contributed by atoms with Crippen LogP contribution in [0.5, 0.6) is 0 Å². The van der Waals surface area contributed by atoms with Gasteiger partial charge in [0.1, 0.15) is 6.04 Å². The first-order chi connectivity index (χ1) is 24.6. The molecule has 1 aliphatic heterocycles. The molecule has 51 heavy (non-hydrogen) atoms. The molecule has 0 bridgehead atoms. The van der Waals surface area contributed by atoms with Crippen molar-refractivity contribution >= 4 is 33.4 Å². The summed E-state index contributed by atoms with van der Waals surface area (Å²) in [5, 5.41) is 24.9. The molecule has 266 valence electrons. The summed E-state index contributed by atoms with van der Waals surface area (Å²) in [6.45, 7) is 3.89. The minimum atomic E-state index is -4.01. The first-order valence-corrected chi connectivity index (χ1v) is 19.0. The Kier molecular flexibility index (Phi) is 11.6. The van der Waals surface area contributed by atoms with E-state index in [9.17, 15) is 18.3 Å². The Balaban J connectivity index is 1.24.